The van der Waals surface area contributed by atoms with Crippen LogP contribution in [0.4, 0.5) is 22.0 Å². The first-order valence-corrected chi connectivity index (χ1v) is 54.8. The number of piperidine rings is 7. The number of aromatic nitrogens is 4. The van der Waals surface area contributed by atoms with Crippen LogP contribution in [-0.2, 0) is 29.1 Å². The zero-order chi connectivity index (χ0) is 106. The number of morpholine rings is 1. The molecule has 13 rings (SSSR count). The van der Waals surface area contributed by atoms with Gasteiger partial charge < -0.3 is 138 Å². The van der Waals surface area contributed by atoms with Crippen LogP contribution in [0.25, 0.3) is 0 Å². The van der Waals surface area contributed by atoms with Crippen molar-refractivity contribution in [3.8, 4) is 0 Å². The summed E-state index contributed by atoms with van der Waals surface area (Å²) >= 11 is 0. The van der Waals surface area contributed by atoms with Crippen LogP contribution in [0.5, 0.6) is 0 Å². The zero-order valence-electron chi connectivity index (χ0n) is 94.9. The van der Waals surface area contributed by atoms with Crippen molar-refractivity contribution in [1.82, 2.24) is 148 Å². The van der Waals surface area contributed by atoms with E-state index in [2.05, 4.69) is 197 Å². The third-order valence-corrected chi connectivity index (χ3v) is 27.1. The molecule has 0 aromatic carbocycles. The van der Waals surface area contributed by atoms with Gasteiger partial charge in [0.05, 0.1) is 25.6 Å². The topological polar surface area (TPSA) is 286 Å². The minimum atomic E-state index is -2.41. The van der Waals surface area contributed by atoms with Gasteiger partial charge in [-0.05, 0) is 318 Å². The monoisotopic (exact) mass is 2040 g/mol. The Morgan fingerprint density at radius 1 is 0.406 bits per heavy atom. The van der Waals surface area contributed by atoms with Crippen molar-refractivity contribution in [3.63, 3.8) is 0 Å². The van der Waals surface area contributed by atoms with E-state index in [4.69, 9.17) is 9.47 Å². The molecule has 0 atom stereocenters. The van der Waals surface area contributed by atoms with E-state index in [-0.39, 0.29) is 18.9 Å². The number of hydrogen-bond donors (Lipinski definition) is 15. The lowest BCUT2D eigenvalue weighted by Crippen LogP contribution is -2.54. The molecule has 10 fully saturated rings. The van der Waals surface area contributed by atoms with Gasteiger partial charge in [0.15, 0.2) is 0 Å². The summed E-state index contributed by atoms with van der Waals surface area (Å²) in [7, 11) is 40.2. The van der Waals surface area contributed by atoms with E-state index >= 15 is 0 Å². The van der Waals surface area contributed by atoms with Crippen molar-refractivity contribution in [2.75, 3.05) is 416 Å². The number of aliphatic hydroxyl groups is 1. The normalized spacial score (nSPS) is 19.8. The van der Waals surface area contributed by atoms with Crippen molar-refractivity contribution >= 4 is 0 Å². The lowest BCUT2D eigenvalue weighted by Gasteiger charge is -2.42. The molecule has 32 nitrogen and oxygen atoms in total. The van der Waals surface area contributed by atoms with Crippen LogP contribution in [-0.4, -0.2) is 530 Å². The molecular formula is C106H222F5N29O3. The average Bonchev–Trinajstić information content (AvgIpc) is 0.861. The predicted octanol–water partition coefficient (Wildman–Crippen LogP) is 6.17. The van der Waals surface area contributed by atoms with Crippen molar-refractivity contribution in [1.29, 1.82) is 0 Å². The predicted molar refractivity (Wildman–Crippen MR) is 595 cm³/mol. The van der Waals surface area contributed by atoms with Crippen LogP contribution in [0.1, 0.15) is 146 Å². The highest BCUT2D eigenvalue weighted by atomic mass is 19.3. The molecule has 0 bridgehead atoms. The Morgan fingerprint density at radius 3 is 1.27 bits per heavy atom. The third kappa shape index (κ3) is 79.7. The third-order valence-electron chi connectivity index (χ3n) is 27.1. The molecule has 844 valence electrons. The van der Waals surface area contributed by atoms with E-state index in [0.717, 1.165) is 241 Å². The molecule has 13 heterocycles. The maximum absolute atomic E-state index is 13.7. The first kappa shape index (κ1) is 139. The van der Waals surface area contributed by atoms with E-state index in [9.17, 15) is 27.1 Å². The SMILES string of the molecule is CCCCCn1ccnc1.CNCC1(F)CCN(C)CC1.CNCC1(F)CCNCC1.CNCC1(N(C)C)CCOCC1.CNCC1CCN(C)CC1.CNCCN(C)C.CNCCN1CCC(F)(F)CC1.CNCCN1CCC(F)CC1.CNCCN1CCC(O)CC1.CNCCN1CCCCC1.CNCCN1CCN(C)CC1.CNCCN1CCOCC1.CNCc1cccnc1.CNCc1ccncc1. The van der Waals surface area contributed by atoms with Gasteiger partial charge in [-0.2, -0.15) is 0 Å². The quantitative estimate of drug-likeness (QED) is 0.0226. The van der Waals surface area contributed by atoms with Gasteiger partial charge >= 0.3 is 0 Å². The standard InChI is InChI=1S/C9H20N2O.C8H16F2N2.2C8H17FN2.C8H19N3.C8H18N2O.2C8H18N2.C8H14N2.C7H15FN2.C7H16N2O.2C7H10N2.C5H14N2/c1-10-8-9(11(2)3)4-6-12-7-5-9;1-11-4-7-12-5-2-8(9,10)3-6-12;1-10-7-8(9)3-5-11(2)6-4-8;1-10-4-7-11-5-2-8(9)3-6-11;1-9-3-4-11-7-5-10(2)6-8-11;1-9-4-7-10-5-2-8(11)3-6-10;1-9-7-8-3-5-10(2)6-4-8;1-9-5-8-10-6-3-2-4-7-10;1-2-3-4-6-10-7-5-9-8-10;1-9-6-7(8)2-4-10-5-3-7;1-8-2-3-9-4-6-10-7-5-9;1-8-6-7-2-4-9-5-3-7;1-8-5-7-3-2-4-9-6-7;1-6-4-5-7(2)3/h10H,4-8H2,1-3H3;11H,2-7H2,1H3;10H,3-7H2,1-2H3;8,10H,2-7H2,1H3;9H,3-8H2,1-2H3;8-9,11H,2-7H2,1H3;8-9H,3-7H2,1-2H3;9H,2-8H2,1H3;5,7-8H,2-4,6H2,1H3;9-10H,2-6H2,1H3;8H,2-7H2,1H3;2-5,8H,6H2,1H3;2-4,6,8H,5H2,1H3;6H,4-5H2,1-3H3. The molecule has 0 saturated carbocycles. The van der Waals surface area contributed by atoms with Crippen LogP contribution < -0.4 is 74.4 Å². The molecular weight excluding hydrogens is 1820 g/mol. The number of piperazine rings is 1. The minimum absolute atomic E-state index is 0.0245. The lowest BCUT2D eigenvalue weighted by atomic mass is 9.89. The molecule has 0 spiro atoms. The Kier molecular flexibility index (Phi) is 91.4. The van der Waals surface area contributed by atoms with Gasteiger partial charge in [-0.1, -0.05) is 32.3 Å². The second-order valence-electron chi connectivity index (χ2n) is 40.1. The molecule has 3 aromatic heterocycles. The first-order valence-electron chi connectivity index (χ1n) is 54.8. The number of unbranched alkanes of at least 4 members (excludes halogenated alkanes) is 2. The smallest absolute Gasteiger partial charge is 0.250 e. The minimum Gasteiger partial charge on any atom is -0.393 e. The number of aryl methyl sites for hydroxylation is 1. The molecule has 0 unspecified atom stereocenters. The number of nitrogens with one attached hydrogen (secondary N) is 14. The summed E-state index contributed by atoms with van der Waals surface area (Å²) in [5, 5.41) is 52.5. The molecule has 15 N–H and O–H groups in total. The number of imidazole rings is 1. The van der Waals surface area contributed by atoms with Gasteiger partial charge in [-0.15, -0.1) is 0 Å². The molecule has 37 heteroatoms. The molecule has 143 heavy (non-hydrogen) atoms. The Bertz CT molecular complexity index is 2900. The number of likely N-dealkylation sites (tertiary alicyclic amines) is 6. The van der Waals surface area contributed by atoms with E-state index in [1.807, 2.05) is 134 Å². The number of rotatable bonds is 38. The van der Waals surface area contributed by atoms with Crippen molar-refractivity contribution < 1.29 is 36.5 Å². The summed E-state index contributed by atoms with van der Waals surface area (Å²) in [5.41, 5.74) is 0.932. The molecule has 0 amide bonds. The number of ether oxygens (including phenoxy) is 2. The highest BCUT2D eigenvalue weighted by Gasteiger charge is 2.36. The summed E-state index contributed by atoms with van der Waals surface area (Å²) in [6.07, 6.45) is 31.5. The molecule has 0 radical (unpaired) electrons. The Labute approximate surface area is 870 Å². The average molecular weight is 2050 g/mol. The first-order chi connectivity index (χ1) is 69.0. The number of pyridine rings is 2. The number of likely N-dealkylation sites (N-methyl/N-ethyl adjacent to an activating group) is 11. The highest BCUT2D eigenvalue weighted by molar-refractivity contribution is 5.09. The number of hydrogen-bond acceptors (Lipinski definition) is 31. The Balaban J connectivity index is 0.00000152. The molecule has 3 aromatic rings. The summed E-state index contributed by atoms with van der Waals surface area (Å²) in [6, 6.07) is 7.98. The van der Waals surface area contributed by atoms with E-state index in [1.54, 1.807) is 32.7 Å². The van der Waals surface area contributed by atoms with Gasteiger partial charge in [0.2, 0.25) is 0 Å². The van der Waals surface area contributed by atoms with Crippen LogP contribution in [0.15, 0.2) is 67.8 Å². The molecule has 0 aliphatic carbocycles. The fourth-order valence-corrected chi connectivity index (χ4v) is 17.1. The van der Waals surface area contributed by atoms with Crippen LogP contribution >= 0.6 is 0 Å². The number of alkyl halides is 5. The van der Waals surface area contributed by atoms with Gasteiger partial charge in [-0.3, -0.25) is 19.8 Å². The summed E-state index contributed by atoms with van der Waals surface area (Å²) in [6.45, 7) is 47.9. The van der Waals surface area contributed by atoms with E-state index < -0.39 is 23.4 Å². The van der Waals surface area contributed by atoms with Crippen LogP contribution in [0, 0.1) is 5.92 Å². The van der Waals surface area contributed by atoms with E-state index in [0.29, 0.717) is 57.4 Å². The van der Waals surface area contributed by atoms with Crippen molar-refractivity contribution in [2.24, 2.45) is 5.92 Å². The fraction of sp³-hybridized carbons (Fsp3) is 0.877. The van der Waals surface area contributed by atoms with Crippen LogP contribution in [0.2, 0.25) is 0 Å². The molecule has 10 saturated heterocycles. The maximum atomic E-state index is 13.7. The summed E-state index contributed by atoms with van der Waals surface area (Å²) < 4.78 is 77.8. The van der Waals surface area contributed by atoms with Gasteiger partial charge in [-0.25, -0.2) is 26.9 Å². The van der Waals surface area contributed by atoms with Gasteiger partial charge in [0.25, 0.3) is 5.92 Å². The van der Waals surface area contributed by atoms with Crippen molar-refractivity contribution in [2.45, 2.75) is 190 Å². The lowest BCUT2D eigenvalue weighted by molar-refractivity contribution is -0.0547. The van der Waals surface area contributed by atoms with E-state index in [1.165, 1.54) is 134 Å². The van der Waals surface area contributed by atoms with Gasteiger partial charge in [0.1, 0.15) is 17.5 Å². The van der Waals surface area contributed by atoms with Crippen molar-refractivity contribution in [3.05, 3.63) is 78.9 Å². The molecule has 10 aliphatic rings. The zero-order valence-corrected chi connectivity index (χ0v) is 94.9. The van der Waals surface area contributed by atoms with Crippen LogP contribution in [0.3, 0.4) is 0 Å². The second-order valence-corrected chi connectivity index (χ2v) is 40.1. The largest absolute Gasteiger partial charge is 0.393 e. The maximum Gasteiger partial charge on any atom is 0.250 e. The highest BCUT2D eigenvalue weighted by Crippen LogP contribution is 2.29. The fourth-order valence-electron chi connectivity index (χ4n) is 17.1. The van der Waals surface area contributed by atoms with Gasteiger partial charge in [0, 0.05) is 291 Å². The summed E-state index contributed by atoms with van der Waals surface area (Å²) in [5.74, 6) is -1.47. The number of nitrogens with zero attached hydrogens (tertiary/aromatic N) is 15. The second kappa shape index (κ2) is 94.0. The summed E-state index contributed by atoms with van der Waals surface area (Å²) in [4.78, 5) is 37.5. The number of aliphatic hydroxyl groups excluding tert-OH is 1. The Hall–Kier alpha value is -3.96. The molecule has 10 aliphatic heterocycles. The number of halogens is 5. The Morgan fingerprint density at radius 2 is 0.846 bits per heavy atom.